The number of hydrogen-bond donors (Lipinski definition) is 1. The monoisotopic (exact) mass is 234 g/mol. The first-order valence-electron chi connectivity index (χ1n) is 5.65. The van der Waals surface area contributed by atoms with E-state index in [1.165, 1.54) is 6.07 Å². The molecule has 17 heavy (non-hydrogen) atoms. The zero-order valence-corrected chi connectivity index (χ0v) is 10.5. The van der Waals surface area contributed by atoms with Crippen LogP contribution >= 0.6 is 0 Å². The highest BCUT2D eigenvalue weighted by Gasteiger charge is 2.09. The summed E-state index contributed by atoms with van der Waals surface area (Å²) in [6, 6.07) is 2.97. The second-order valence-electron chi connectivity index (χ2n) is 4.10. The minimum absolute atomic E-state index is 0.0576. The molecule has 0 aromatic carbocycles. The minimum atomic E-state index is -0.198. The molecule has 0 aliphatic carbocycles. The Morgan fingerprint density at radius 2 is 2.12 bits per heavy atom. The van der Waals surface area contributed by atoms with Gasteiger partial charge >= 0.3 is 0 Å². The lowest BCUT2D eigenvalue weighted by atomic mass is 10.1. The Hall–Kier alpha value is -1.84. The molecule has 1 N–H and O–H groups in total. The van der Waals surface area contributed by atoms with Gasteiger partial charge < -0.3 is 9.88 Å². The molecule has 0 atom stereocenters. The Balaban J connectivity index is 3.12. The highest BCUT2D eigenvalue weighted by molar-refractivity contribution is 5.98. The van der Waals surface area contributed by atoms with E-state index in [1.54, 1.807) is 18.3 Å². The van der Waals surface area contributed by atoms with Crippen LogP contribution in [0.15, 0.2) is 23.1 Å². The number of carbonyl (C=O) groups excluding carboxylic acids is 1. The van der Waals surface area contributed by atoms with E-state index in [2.05, 4.69) is 4.98 Å². The first kappa shape index (κ1) is 13.2. The van der Waals surface area contributed by atoms with Gasteiger partial charge in [0.05, 0.1) is 5.69 Å². The van der Waals surface area contributed by atoms with Crippen LogP contribution < -0.4 is 5.56 Å². The lowest BCUT2D eigenvalue weighted by Gasteiger charge is -2.06. The molecule has 0 spiro atoms. The van der Waals surface area contributed by atoms with Gasteiger partial charge in [-0.2, -0.15) is 0 Å². The van der Waals surface area contributed by atoms with Gasteiger partial charge in [0, 0.05) is 38.3 Å². The molecule has 1 rings (SSSR count). The van der Waals surface area contributed by atoms with E-state index in [1.807, 2.05) is 25.9 Å². The molecule has 4 heteroatoms. The van der Waals surface area contributed by atoms with E-state index in [0.717, 1.165) is 6.42 Å². The summed E-state index contributed by atoms with van der Waals surface area (Å²) in [6.07, 6.45) is 4.84. The molecule has 0 fully saturated rings. The van der Waals surface area contributed by atoms with Crippen molar-refractivity contribution in [2.24, 2.45) is 0 Å². The van der Waals surface area contributed by atoms with Crippen molar-refractivity contribution in [2.75, 3.05) is 14.1 Å². The zero-order chi connectivity index (χ0) is 12.8. The van der Waals surface area contributed by atoms with Crippen molar-refractivity contribution in [3.05, 3.63) is 39.9 Å². The third-order valence-corrected chi connectivity index (χ3v) is 2.27. The van der Waals surface area contributed by atoms with Crippen LogP contribution in [0.3, 0.4) is 0 Å². The third-order valence-electron chi connectivity index (χ3n) is 2.27. The van der Waals surface area contributed by atoms with Gasteiger partial charge in [0.1, 0.15) is 0 Å². The highest BCUT2D eigenvalue weighted by Crippen LogP contribution is 2.10. The molecule has 0 amide bonds. The van der Waals surface area contributed by atoms with Crippen LogP contribution in [0.5, 0.6) is 0 Å². The van der Waals surface area contributed by atoms with Gasteiger partial charge in [-0.15, -0.1) is 0 Å². The fourth-order valence-electron chi connectivity index (χ4n) is 1.45. The van der Waals surface area contributed by atoms with Gasteiger partial charge in [0.25, 0.3) is 0 Å². The summed E-state index contributed by atoms with van der Waals surface area (Å²) in [7, 11) is 3.76. The number of carbonyl (C=O) groups is 1. The number of hydrogen-bond acceptors (Lipinski definition) is 3. The minimum Gasteiger partial charge on any atom is -0.383 e. The molecule has 0 aliphatic heterocycles. The standard InChI is InChI=1S/C13H18N2O2/c1-4-5-12(16)10-6-7-13(17)14-11(10)8-9-15(2)3/h6-9H,4-5H2,1-3H3,(H,14,17). The summed E-state index contributed by atoms with van der Waals surface area (Å²) >= 11 is 0. The summed E-state index contributed by atoms with van der Waals surface area (Å²) in [5, 5.41) is 0. The first-order valence-corrected chi connectivity index (χ1v) is 5.65. The van der Waals surface area contributed by atoms with E-state index in [-0.39, 0.29) is 11.3 Å². The lowest BCUT2D eigenvalue weighted by molar-refractivity contribution is 0.0981. The van der Waals surface area contributed by atoms with Crippen molar-refractivity contribution in [1.82, 2.24) is 9.88 Å². The second kappa shape index (κ2) is 6.03. The van der Waals surface area contributed by atoms with Crippen molar-refractivity contribution >= 4 is 11.9 Å². The summed E-state index contributed by atoms with van der Waals surface area (Å²) in [5.41, 5.74) is 0.950. The Morgan fingerprint density at radius 3 is 2.71 bits per heavy atom. The molecular weight excluding hydrogens is 216 g/mol. The molecule has 92 valence electrons. The van der Waals surface area contributed by atoms with E-state index < -0.39 is 0 Å². The Kier molecular flexibility index (Phi) is 4.69. The van der Waals surface area contributed by atoms with Crippen LogP contribution in [0.25, 0.3) is 6.08 Å². The van der Waals surface area contributed by atoms with Crippen molar-refractivity contribution < 1.29 is 4.79 Å². The number of Topliss-reactive ketones (excluding diaryl/α,β-unsaturated/α-hetero) is 1. The summed E-state index contributed by atoms with van der Waals surface area (Å²) < 4.78 is 0. The largest absolute Gasteiger partial charge is 0.383 e. The second-order valence-corrected chi connectivity index (χ2v) is 4.10. The van der Waals surface area contributed by atoms with Crippen molar-refractivity contribution in [2.45, 2.75) is 19.8 Å². The topological polar surface area (TPSA) is 53.2 Å². The summed E-state index contributed by atoms with van der Waals surface area (Å²) in [6.45, 7) is 1.96. The number of nitrogens with one attached hydrogen (secondary N) is 1. The average Bonchev–Trinajstić information content (AvgIpc) is 2.26. The van der Waals surface area contributed by atoms with Crippen molar-refractivity contribution in [3.63, 3.8) is 0 Å². The van der Waals surface area contributed by atoms with E-state index in [9.17, 15) is 9.59 Å². The van der Waals surface area contributed by atoms with Crippen LogP contribution in [-0.4, -0.2) is 29.8 Å². The van der Waals surface area contributed by atoms with Gasteiger partial charge in [-0.25, -0.2) is 0 Å². The number of pyridine rings is 1. The average molecular weight is 234 g/mol. The number of rotatable bonds is 5. The zero-order valence-electron chi connectivity index (χ0n) is 10.5. The molecule has 4 nitrogen and oxygen atoms in total. The molecule has 1 aromatic heterocycles. The van der Waals surface area contributed by atoms with Crippen molar-refractivity contribution in [1.29, 1.82) is 0 Å². The van der Waals surface area contributed by atoms with Crippen molar-refractivity contribution in [3.8, 4) is 0 Å². The Labute approximate surface area is 101 Å². The predicted octanol–water partition coefficient (Wildman–Crippen LogP) is 1.89. The third kappa shape index (κ3) is 3.90. The molecule has 1 aromatic rings. The fourth-order valence-corrected chi connectivity index (χ4v) is 1.45. The lowest BCUT2D eigenvalue weighted by Crippen LogP contribution is -2.12. The number of aromatic amines is 1. The molecule has 0 unspecified atom stereocenters. The SMILES string of the molecule is CCCC(=O)c1ccc(=O)[nH]c1C=CN(C)C. The van der Waals surface area contributed by atoms with Gasteiger partial charge in [-0.05, 0) is 18.6 Å². The number of H-pyrrole nitrogens is 1. The molecule has 0 aliphatic rings. The predicted molar refractivity (Wildman–Crippen MR) is 69.0 cm³/mol. The van der Waals surface area contributed by atoms with Crippen LogP contribution in [-0.2, 0) is 0 Å². The molecular formula is C13H18N2O2. The molecule has 0 radical (unpaired) electrons. The number of nitrogens with zero attached hydrogens (tertiary/aromatic N) is 1. The summed E-state index contributed by atoms with van der Waals surface area (Å²) in [4.78, 5) is 27.6. The maximum absolute atomic E-state index is 11.9. The first-order chi connectivity index (χ1) is 8.04. The Bertz CT molecular complexity index is 473. The number of aromatic nitrogens is 1. The van der Waals surface area contributed by atoms with Crippen LogP contribution in [0.4, 0.5) is 0 Å². The fraction of sp³-hybridized carbons (Fsp3) is 0.385. The van der Waals surface area contributed by atoms with Crippen LogP contribution in [0.2, 0.25) is 0 Å². The van der Waals surface area contributed by atoms with Gasteiger partial charge in [-0.1, -0.05) is 6.92 Å². The number of ketones is 1. The molecule has 0 saturated carbocycles. The normalized spacial score (nSPS) is 10.8. The molecule has 0 saturated heterocycles. The maximum atomic E-state index is 11.9. The highest BCUT2D eigenvalue weighted by atomic mass is 16.1. The Morgan fingerprint density at radius 1 is 1.41 bits per heavy atom. The smallest absolute Gasteiger partial charge is 0.248 e. The van der Waals surface area contributed by atoms with Gasteiger partial charge in [0.15, 0.2) is 5.78 Å². The molecule has 1 heterocycles. The maximum Gasteiger partial charge on any atom is 0.248 e. The quantitative estimate of drug-likeness (QED) is 0.791. The molecule has 0 bridgehead atoms. The van der Waals surface area contributed by atoms with E-state index in [0.29, 0.717) is 17.7 Å². The van der Waals surface area contributed by atoms with Crippen LogP contribution in [0, 0.1) is 0 Å². The van der Waals surface area contributed by atoms with E-state index in [4.69, 9.17) is 0 Å². The van der Waals surface area contributed by atoms with Crippen LogP contribution in [0.1, 0.15) is 35.8 Å². The van der Waals surface area contributed by atoms with Gasteiger partial charge in [-0.3, -0.25) is 9.59 Å². The summed E-state index contributed by atoms with van der Waals surface area (Å²) in [5.74, 6) is 0.0576. The van der Waals surface area contributed by atoms with E-state index >= 15 is 0 Å². The van der Waals surface area contributed by atoms with Gasteiger partial charge in [0.2, 0.25) is 5.56 Å².